The van der Waals surface area contributed by atoms with Crippen molar-refractivity contribution < 1.29 is 9.90 Å². The topological polar surface area (TPSA) is 55.1 Å². The molecule has 0 saturated carbocycles. The first-order chi connectivity index (χ1) is 8.63. The second-order valence-corrected chi connectivity index (χ2v) is 4.22. The lowest BCUT2D eigenvalue weighted by Crippen LogP contribution is -2.05. The zero-order valence-corrected chi connectivity index (χ0v) is 10.6. The van der Waals surface area contributed by atoms with Gasteiger partial charge in [0.1, 0.15) is 0 Å². The Morgan fingerprint density at radius 3 is 2.72 bits per heavy atom. The van der Waals surface area contributed by atoms with Crippen LogP contribution in [0.5, 0.6) is 0 Å². The quantitative estimate of drug-likeness (QED) is 0.898. The van der Waals surface area contributed by atoms with E-state index in [-0.39, 0.29) is 6.42 Å². The first-order valence-electron chi connectivity index (χ1n) is 5.97. The minimum absolute atomic E-state index is 0.0140. The van der Waals surface area contributed by atoms with Gasteiger partial charge >= 0.3 is 5.97 Å². The number of aromatic nitrogens is 2. The molecule has 0 aliphatic heterocycles. The standard InChI is InChI=1S/C14H16N2O2/c1-3-11-6-4-5-7-13(11)16-10(2)12(9-15-16)8-14(17)18/h4-7,9H,3,8H2,1-2H3,(H,17,18). The van der Waals surface area contributed by atoms with Crippen LogP contribution in [0.3, 0.4) is 0 Å². The molecule has 2 aromatic rings. The van der Waals surface area contributed by atoms with Crippen LogP contribution < -0.4 is 0 Å². The van der Waals surface area contributed by atoms with E-state index < -0.39 is 5.97 Å². The fourth-order valence-electron chi connectivity index (χ4n) is 2.04. The van der Waals surface area contributed by atoms with Crippen LogP contribution in [0.4, 0.5) is 0 Å². The number of para-hydroxylation sites is 1. The van der Waals surface area contributed by atoms with Crippen molar-refractivity contribution in [2.45, 2.75) is 26.7 Å². The molecular formula is C14H16N2O2. The monoisotopic (exact) mass is 244 g/mol. The highest BCUT2D eigenvalue weighted by Crippen LogP contribution is 2.18. The molecule has 4 nitrogen and oxygen atoms in total. The van der Waals surface area contributed by atoms with Crippen molar-refractivity contribution >= 4 is 5.97 Å². The summed E-state index contributed by atoms with van der Waals surface area (Å²) in [6.07, 6.45) is 2.57. The first-order valence-corrected chi connectivity index (χ1v) is 5.97. The molecule has 0 fully saturated rings. The lowest BCUT2D eigenvalue weighted by Gasteiger charge is -2.09. The predicted octanol–water partition coefficient (Wildman–Crippen LogP) is 2.37. The summed E-state index contributed by atoms with van der Waals surface area (Å²) >= 11 is 0. The van der Waals surface area contributed by atoms with E-state index in [2.05, 4.69) is 18.1 Å². The van der Waals surface area contributed by atoms with E-state index in [1.165, 1.54) is 5.56 Å². The average Bonchev–Trinajstić information content (AvgIpc) is 2.70. The zero-order chi connectivity index (χ0) is 13.1. The number of aliphatic carboxylic acids is 1. The molecule has 4 heteroatoms. The van der Waals surface area contributed by atoms with Crippen molar-refractivity contribution in [1.29, 1.82) is 0 Å². The van der Waals surface area contributed by atoms with Crippen LogP contribution in [0.15, 0.2) is 30.5 Å². The van der Waals surface area contributed by atoms with Gasteiger partial charge in [-0.2, -0.15) is 5.10 Å². The summed E-state index contributed by atoms with van der Waals surface area (Å²) in [5.41, 5.74) is 3.87. The molecule has 1 aromatic heterocycles. The molecule has 2 rings (SSSR count). The summed E-state index contributed by atoms with van der Waals surface area (Å²) in [6.45, 7) is 3.99. The molecule has 94 valence electrons. The molecule has 0 amide bonds. The van der Waals surface area contributed by atoms with Gasteiger partial charge in [0.2, 0.25) is 0 Å². The van der Waals surface area contributed by atoms with Crippen molar-refractivity contribution in [3.8, 4) is 5.69 Å². The van der Waals surface area contributed by atoms with E-state index in [1.807, 2.05) is 29.8 Å². The molecule has 0 spiro atoms. The van der Waals surface area contributed by atoms with Crippen molar-refractivity contribution in [2.24, 2.45) is 0 Å². The van der Waals surface area contributed by atoms with Crippen molar-refractivity contribution in [1.82, 2.24) is 9.78 Å². The van der Waals surface area contributed by atoms with Crippen molar-refractivity contribution in [2.75, 3.05) is 0 Å². The fraction of sp³-hybridized carbons (Fsp3) is 0.286. The Hall–Kier alpha value is -2.10. The average molecular weight is 244 g/mol. The molecule has 0 aliphatic rings. The van der Waals surface area contributed by atoms with Crippen LogP contribution in [0.25, 0.3) is 5.69 Å². The molecule has 1 aromatic carbocycles. The number of carboxylic acid groups (broad SMARTS) is 1. The van der Waals surface area contributed by atoms with Crippen molar-refractivity contribution in [3.63, 3.8) is 0 Å². The van der Waals surface area contributed by atoms with E-state index in [0.717, 1.165) is 23.4 Å². The maximum absolute atomic E-state index is 10.8. The van der Waals surface area contributed by atoms with Gasteiger partial charge in [0, 0.05) is 11.3 Å². The molecular weight excluding hydrogens is 228 g/mol. The van der Waals surface area contributed by atoms with Crippen LogP contribution in [0, 0.1) is 6.92 Å². The molecule has 0 aliphatic carbocycles. The highest BCUT2D eigenvalue weighted by Gasteiger charge is 2.12. The number of benzene rings is 1. The van der Waals surface area contributed by atoms with Crippen LogP contribution in [0.2, 0.25) is 0 Å². The van der Waals surface area contributed by atoms with Gasteiger partial charge in [-0.15, -0.1) is 0 Å². The number of carboxylic acids is 1. The van der Waals surface area contributed by atoms with Gasteiger partial charge in [0.25, 0.3) is 0 Å². The molecule has 0 radical (unpaired) electrons. The third kappa shape index (κ3) is 2.27. The summed E-state index contributed by atoms with van der Waals surface area (Å²) in [6, 6.07) is 8.03. The minimum atomic E-state index is -0.832. The summed E-state index contributed by atoms with van der Waals surface area (Å²) < 4.78 is 1.82. The number of nitrogens with zero attached hydrogens (tertiary/aromatic N) is 2. The summed E-state index contributed by atoms with van der Waals surface area (Å²) in [5, 5.41) is 13.1. The largest absolute Gasteiger partial charge is 0.481 e. The van der Waals surface area contributed by atoms with E-state index in [0.29, 0.717) is 0 Å². The van der Waals surface area contributed by atoms with Gasteiger partial charge in [-0.05, 0) is 25.0 Å². The van der Waals surface area contributed by atoms with Gasteiger partial charge in [-0.1, -0.05) is 25.1 Å². The molecule has 0 atom stereocenters. The minimum Gasteiger partial charge on any atom is -0.481 e. The van der Waals surface area contributed by atoms with Crippen molar-refractivity contribution in [3.05, 3.63) is 47.3 Å². The molecule has 0 bridgehead atoms. The molecule has 0 unspecified atom stereocenters. The fourth-order valence-corrected chi connectivity index (χ4v) is 2.04. The normalized spacial score (nSPS) is 10.6. The lowest BCUT2D eigenvalue weighted by atomic mass is 10.1. The molecule has 0 saturated heterocycles. The maximum Gasteiger partial charge on any atom is 0.307 e. The van der Waals surface area contributed by atoms with Gasteiger partial charge in [0.15, 0.2) is 0 Å². The number of hydrogen-bond donors (Lipinski definition) is 1. The Labute approximate surface area is 106 Å². The highest BCUT2D eigenvalue weighted by molar-refractivity contribution is 5.70. The lowest BCUT2D eigenvalue weighted by molar-refractivity contribution is -0.136. The number of aryl methyl sites for hydroxylation is 1. The Morgan fingerprint density at radius 2 is 2.06 bits per heavy atom. The molecule has 18 heavy (non-hydrogen) atoms. The second kappa shape index (κ2) is 5.04. The third-order valence-electron chi connectivity index (χ3n) is 3.05. The number of carbonyl (C=O) groups is 1. The second-order valence-electron chi connectivity index (χ2n) is 4.22. The zero-order valence-electron chi connectivity index (χ0n) is 10.6. The van der Waals surface area contributed by atoms with Gasteiger partial charge in [-0.3, -0.25) is 4.79 Å². The van der Waals surface area contributed by atoms with E-state index >= 15 is 0 Å². The number of rotatable bonds is 4. The van der Waals surface area contributed by atoms with Gasteiger partial charge in [-0.25, -0.2) is 4.68 Å². The van der Waals surface area contributed by atoms with Crippen LogP contribution >= 0.6 is 0 Å². The molecule has 1 N–H and O–H groups in total. The Balaban J connectivity index is 2.45. The third-order valence-corrected chi connectivity index (χ3v) is 3.05. The maximum atomic E-state index is 10.8. The predicted molar refractivity (Wildman–Crippen MR) is 69.0 cm³/mol. The Kier molecular flexibility index (Phi) is 3.46. The summed E-state index contributed by atoms with van der Waals surface area (Å²) in [7, 11) is 0. The summed E-state index contributed by atoms with van der Waals surface area (Å²) in [5.74, 6) is -0.832. The van der Waals surface area contributed by atoms with Crippen LogP contribution in [-0.2, 0) is 17.6 Å². The molecule has 1 heterocycles. The number of hydrogen-bond acceptors (Lipinski definition) is 2. The van der Waals surface area contributed by atoms with Gasteiger partial charge < -0.3 is 5.11 Å². The first kappa shape index (κ1) is 12.4. The Morgan fingerprint density at radius 1 is 1.33 bits per heavy atom. The summed E-state index contributed by atoms with van der Waals surface area (Å²) in [4.78, 5) is 10.8. The SMILES string of the molecule is CCc1ccccc1-n1ncc(CC(=O)O)c1C. The van der Waals surface area contributed by atoms with Gasteiger partial charge in [0.05, 0.1) is 18.3 Å². The van der Waals surface area contributed by atoms with Crippen LogP contribution in [0.1, 0.15) is 23.7 Å². The Bertz CT molecular complexity index is 573. The highest BCUT2D eigenvalue weighted by atomic mass is 16.4. The smallest absolute Gasteiger partial charge is 0.307 e. The van der Waals surface area contributed by atoms with Crippen LogP contribution in [-0.4, -0.2) is 20.9 Å². The van der Waals surface area contributed by atoms with E-state index in [1.54, 1.807) is 6.20 Å². The van der Waals surface area contributed by atoms with E-state index in [9.17, 15) is 4.79 Å². The van der Waals surface area contributed by atoms with E-state index in [4.69, 9.17) is 5.11 Å².